The van der Waals surface area contributed by atoms with Crippen LogP contribution >= 0.6 is 0 Å². The quantitative estimate of drug-likeness (QED) is 0.734. The summed E-state index contributed by atoms with van der Waals surface area (Å²) >= 11 is 0. The van der Waals surface area contributed by atoms with E-state index < -0.39 is 11.7 Å². The van der Waals surface area contributed by atoms with Crippen LogP contribution in [0.4, 0.5) is 26.1 Å². The Hall–Kier alpha value is -3.55. The molecule has 0 aliphatic carbocycles. The molecule has 0 bridgehead atoms. The number of nitrogens with zero attached hydrogens (tertiary/aromatic N) is 4. The molecule has 2 aromatic carbocycles. The Morgan fingerprint density at radius 3 is 2.14 bits per heavy atom. The molecular weight excluding hydrogens is 376 g/mol. The summed E-state index contributed by atoms with van der Waals surface area (Å²) in [5.74, 6) is -0.689. The Morgan fingerprint density at radius 2 is 1.48 bits per heavy atom. The fourth-order valence-electron chi connectivity index (χ4n) is 3.18. The molecule has 0 atom stereocenters. The molecule has 2 heterocycles. The number of para-hydroxylation sites is 1. The highest BCUT2D eigenvalue weighted by molar-refractivity contribution is 6.03. The van der Waals surface area contributed by atoms with Gasteiger partial charge in [0.2, 0.25) is 5.95 Å². The monoisotopic (exact) mass is 395 g/mol. The molecule has 1 aliphatic heterocycles. The van der Waals surface area contributed by atoms with Crippen molar-refractivity contribution in [3.63, 3.8) is 0 Å². The number of piperazine rings is 1. The maximum atomic E-state index is 13.7. The van der Waals surface area contributed by atoms with Crippen LogP contribution in [-0.2, 0) is 0 Å². The van der Waals surface area contributed by atoms with Gasteiger partial charge in [0.1, 0.15) is 11.6 Å². The van der Waals surface area contributed by atoms with Crippen molar-refractivity contribution >= 4 is 23.2 Å². The van der Waals surface area contributed by atoms with E-state index in [1.807, 2.05) is 4.90 Å². The van der Waals surface area contributed by atoms with Crippen molar-refractivity contribution < 1.29 is 13.6 Å². The smallest absolute Gasteiger partial charge is 0.258 e. The van der Waals surface area contributed by atoms with Crippen LogP contribution in [-0.4, -0.2) is 42.1 Å². The van der Waals surface area contributed by atoms with Gasteiger partial charge in [-0.05, 0) is 36.4 Å². The average molecular weight is 395 g/mol. The SMILES string of the molecule is O=C(Nc1ccccc1F)c1cnc(N2CCN(c3ccc(F)cc3)CC2)nc1. The first-order valence-electron chi connectivity index (χ1n) is 9.23. The largest absolute Gasteiger partial charge is 0.368 e. The molecule has 0 spiro atoms. The molecule has 148 valence electrons. The highest BCUT2D eigenvalue weighted by Crippen LogP contribution is 2.19. The molecule has 1 amide bonds. The summed E-state index contributed by atoms with van der Waals surface area (Å²) in [4.78, 5) is 25.1. The third kappa shape index (κ3) is 4.31. The summed E-state index contributed by atoms with van der Waals surface area (Å²) in [5.41, 5.74) is 1.34. The summed E-state index contributed by atoms with van der Waals surface area (Å²) in [6.45, 7) is 2.92. The van der Waals surface area contributed by atoms with Gasteiger partial charge in [0.15, 0.2) is 0 Å². The molecule has 4 rings (SSSR count). The third-order valence-electron chi connectivity index (χ3n) is 4.78. The van der Waals surface area contributed by atoms with Gasteiger partial charge in [0, 0.05) is 44.3 Å². The minimum atomic E-state index is -0.502. The first-order valence-corrected chi connectivity index (χ1v) is 9.23. The van der Waals surface area contributed by atoms with Crippen LogP contribution in [0, 0.1) is 11.6 Å². The van der Waals surface area contributed by atoms with Gasteiger partial charge in [-0.3, -0.25) is 4.79 Å². The summed E-state index contributed by atoms with van der Waals surface area (Å²) in [7, 11) is 0. The number of anilines is 3. The van der Waals surface area contributed by atoms with Crippen molar-refractivity contribution in [1.29, 1.82) is 0 Å². The fourth-order valence-corrected chi connectivity index (χ4v) is 3.18. The Balaban J connectivity index is 1.36. The second kappa shape index (κ2) is 8.22. The number of carbonyl (C=O) groups is 1. The van der Waals surface area contributed by atoms with Gasteiger partial charge in [-0.15, -0.1) is 0 Å². The molecule has 1 N–H and O–H groups in total. The normalized spacial score (nSPS) is 14.0. The number of hydrogen-bond acceptors (Lipinski definition) is 5. The Labute approximate surface area is 166 Å². The molecule has 0 unspecified atom stereocenters. The Bertz CT molecular complexity index is 987. The maximum Gasteiger partial charge on any atom is 0.258 e. The number of halogens is 2. The Kier molecular flexibility index (Phi) is 5.33. The molecule has 1 aromatic heterocycles. The second-order valence-corrected chi connectivity index (χ2v) is 6.66. The van der Waals surface area contributed by atoms with E-state index in [4.69, 9.17) is 0 Å². The first kappa shape index (κ1) is 18.8. The van der Waals surface area contributed by atoms with E-state index >= 15 is 0 Å². The fraction of sp³-hybridized carbons (Fsp3) is 0.190. The zero-order valence-electron chi connectivity index (χ0n) is 15.6. The number of hydrogen-bond donors (Lipinski definition) is 1. The van der Waals surface area contributed by atoms with Gasteiger partial charge in [0.05, 0.1) is 11.3 Å². The van der Waals surface area contributed by atoms with Gasteiger partial charge in [0.25, 0.3) is 5.91 Å². The van der Waals surface area contributed by atoms with Crippen LogP contribution in [0.2, 0.25) is 0 Å². The van der Waals surface area contributed by atoms with Gasteiger partial charge >= 0.3 is 0 Å². The lowest BCUT2D eigenvalue weighted by Crippen LogP contribution is -2.47. The van der Waals surface area contributed by atoms with Gasteiger partial charge < -0.3 is 15.1 Å². The van der Waals surface area contributed by atoms with Crippen LogP contribution in [0.5, 0.6) is 0 Å². The molecule has 1 fully saturated rings. The minimum absolute atomic E-state index is 0.110. The van der Waals surface area contributed by atoms with E-state index in [0.29, 0.717) is 19.0 Å². The standard InChI is InChI=1S/C21H19F2N5O/c22-16-5-7-17(8-6-16)27-9-11-28(12-10-27)21-24-13-15(14-25-21)20(29)26-19-4-2-1-3-18(19)23/h1-8,13-14H,9-12H2,(H,26,29). The summed E-state index contributed by atoms with van der Waals surface area (Å²) < 4.78 is 26.7. The van der Waals surface area contributed by atoms with Crippen molar-refractivity contribution in [2.24, 2.45) is 0 Å². The number of carbonyl (C=O) groups excluding carboxylic acids is 1. The second-order valence-electron chi connectivity index (χ2n) is 6.66. The van der Waals surface area contributed by atoms with Gasteiger partial charge in [-0.1, -0.05) is 12.1 Å². The van der Waals surface area contributed by atoms with E-state index in [9.17, 15) is 13.6 Å². The van der Waals surface area contributed by atoms with E-state index in [1.54, 1.807) is 24.3 Å². The number of nitrogens with one attached hydrogen (secondary N) is 1. The molecule has 29 heavy (non-hydrogen) atoms. The number of aromatic nitrogens is 2. The highest BCUT2D eigenvalue weighted by atomic mass is 19.1. The van der Waals surface area contributed by atoms with Crippen LogP contribution in [0.25, 0.3) is 0 Å². The molecular formula is C21H19F2N5O. The van der Waals surface area contributed by atoms with E-state index in [2.05, 4.69) is 20.2 Å². The molecule has 3 aromatic rings. The van der Waals surface area contributed by atoms with Crippen LogP contribution in [0.15, 0.2) is 60.9 Å². The van der Waals surface area contributed by atoms with Crippen LogP contribution < -0.4 is 15.1 Å². The predicted molar refractivity (Wildman–Crippen MR) is 107 cm³/mol. The minimum Gasteiger partial charge on any atom is -0.368 e. The average Bonchev–Trinajstić information content (AvgIpc) is 2.76. The number of benzene rings is 2. The molecule has 0 saturated carbocycles. The van der Waals surface area contributed by atoms with Crippen molar-refractivity contribution in [3.8, 4) is 0 Å². The predicted octanol–water partition coefficient (Wildman–Crippen LogP) is 3.33. The lowest BCUT2D eigenvalue weighted by molar-refractivity contribution is 0.102. The van der Waals surface area contributed by atoms with Crippen LogP contribution in [0.3, 0.4) is 0 Å². The van der Waals surface area contributed by atoms with Crippen molar-refractivity contribution in [2.75, 3.05) is 41.3 Å². The third-order valence-corrected chi connectivity index (χ3v) is 4.78. The molecule has 1 saturated heterocycles. The summed E-state index contributed by atoms with van der Waals surface area (Å²) in [6, 6.07) is 12.4. The Morgan fingerprint density at radius 1 is 0.862 bits per heavy atom. The zero-order chi connectivity index (χ0) is 20.2. The lowest BCUT2D eigenvalue weighted by Gasteiger charge is -2.36. The maximum absolute atomic E-state index is 13.7. The summed E-state index contributed by atoms with van der Waals surface area (Å²) in [6.07, 6.45) is 2.87. The number of amides is 1. The molecule has 0 radical (unpaired) electrons. The molecule has 1 aliphatic rings. The lowest BCUT2D eigenvalue weighted by atomic mass is 10.2. The zero-order valence-corrected chi connectivity index (χ0v) is 15.6. The molecule has 6 nitrogen and oxygen atoms in total. The van der Waals surface area contributed by atoms with Crippen molar-refractivity contribution in [2.45, 2.75) is 0 Å². The van der Waals surface area contributed by atoms with E-state index in [-0.39, 0.29) is 17.1 Å². The molecule has 8 heteroatoms. The first-order chi connectivity index (χ1) is 14.1. The van der Waals surface area contributed by atoms with Crippen molar-refractivity contribution in [3.05, 3.63) is 78.1 Å². The van der Waals surface area contributed by atoms with Gasteiger partial charge in [-0.2, -0.15) is 0 Å². The van der Waals surface area contributed by atoms with Gasteiger partial charge in [-0.25, -0.2) is 18.7 Å². The summed E-state index contributed by atoms with van der Waals surface area (Å²) in [5, 5.41) is 2.51. The van der Waals surface area contributed by atoms with Crippen LogP contribution in [0.1, 0.15) is 10.4 Å². The number of rotatable bonds is 4. The highest BCUT2D eigenvalue weighted by Gasteiger charge is 2.20. The topological polar surface area (TPSA) is 61.4 Å². The van der Waals surface area contributed by atoms with E-state index in [0.717, 1.165) is 18.8 Å². The van der Waals surface area contributed by atoms with E-state index in [1.165, 1.54) is 36.7 Å². The van der Waals surface area contributed by atoms with Crippen molar-refractivity contribution in [1.82, 2.24) is 9.97 Å².